The first-order chi connectivity index (χ1) is 10.2. The van der Waals surface area contributed by atoms with Gasteiger partial charge in [0.25, 0.3) is 0 Å². The number of hydrogen-bond acceptors (Lipinski definition) is 5. The molecule has 0 bridgehead atoms. The van der Waals surface area contributed by atoms with Crippen LogP contribution in [0.15, 0.2) is 12.4 Å². The van der Waals surface area contributed by atoms with Crippen LogP contribution in [-0.2, 0) is 11.2 Å². The highest BCUT2D eigenvalue weighted by Gasteiger charge is 2.12. The number of aromatic nitrogens is 2. The van der Waals surface area contributed by atoms with E-state index < -0.39 is 0 Å². The zero-order valence-electron chi connectivity index (χ0n) is 12.7. The van der Waals surface area contributed by atoms with Crippen LogP contribution in [0.1, 0.15) is 38.3 Å². The van der Waals surface area contributed by atoms with Crippen LogP contribution in [0.2, 0.25) is 0 Å². The van der Waals surface area contributed by atoms with Gasteiger partial charge in [0.1, 0.15) is 12.1 Å². The first-order valence-corrected chi connectivity index (χ1v) is 7.76. The summed E-state index contributed by atoms with van der Waals surface area (Å²) >= 11 is 0. The van der Waals surface area contributed by atoms with E-state index in [1.165, 1.54) is 26.2 Å². The molecule has 1 saturated heterocycles. The van der Waals surface area contributed by atoms with E-state index in [2.05, 4.69) is 25.9 Å². The number of nitrogens with zero attached hydrogens (tertiary/aromatic N) is 2. The number of amides is 1. The van der Waals surface area contributed by atoms with E-state index in [1.807, 2.05) is 6.07 Å². The number of piperidine rings is 1. The minimum absolute atomic E-state index is 0.0137. The molecule has 0 aromatic carbocycles. The standard InChI is InChI=1S/C15H25N5O/c1-12(21)16-8-9-18-15-10-14(19-11-20-15)6-5-13-4-2-3-7-17-13/h10-11,13,17H,2-9H2,1H3,(H,16,21)(H,18,19,20)/t13-/m1/s1. The summed E-state index contributed by atoms with van der Waals surface area (Å²) in [5, 5.41) is 9.50. The Morgan fingerprint density at radius 2 is 2.29 bits per heavy atom. The summed E-state index contributed by atoms with van der Waals surface area (Å²) in [7, 11) is 0. The number of anilines is 1. The zero-order valence-corrected chi connectivity index (χ0v) is 12.7. The molecule has 1 aromatic rings. The molecule has 3 N–H and O–H groups in total. The van der Waals surface area contributed by atoms with E-state index in [9.17, 15) is 4.79 Å². The molecule has 0 aliphatic carbocycles. The van der Waals surface area contributed by atoms with Crippen molar-refractivity contribution in [2.24, 2.45) is 0 Å². The molecule has 0 radical (unpaired) electrons. The Bertz CT molecular complexity index is 445. The van der Waals surface area contributed by atoms with Crippen LogP contribution in [-0.4, -0.2) is 41.6 Å². The summed E-state index contributed by atoms with van der Waals surface area (Å²) in [4.78, 5) is 19.3. The van der Waals surface area contributed by atoms with Gasteiger partial charge in [-0.3, -0.25) is 4.79 Å². The smallest absolute Gasteiger partial charge is 0.216 e. The third-order valence-corrected chi connectivity index (χ3v) is 3.69. The maximum absolute atomic E-state index is 10.8. The highest BCUT2D eigenvalue weighted by molar-refractivity contribution is 5.72. The summed E-state index contributed by atoms with van der Waals surface area (Å²) in [6, 6.07) is 2.63. The second-order valence-corrected chi connectivity index (χ2v) is 5.49. The molecule has 6 nitrogen and oxygen atoms in total. The summed E-state index contributed by atoms with van der Waals surface area (Å²) < 4.78 is 0. The minimum atomic E-state index is -0.0137. The number of aryl methyl sites for hydroxylation is 1. The van der Waals surface area contributed by atoms with Crippen molar-refractivity contribution in [3.8, 4) is 0 Å². The topological polar surface area (TPSA) is 78.9 Å². The number of carbonyl (C=O) groups is 1. The minimum Gasteiger partial charge on any atom is -0.368 e. The van der Waals surface area contributed by atoms with Crippen LogP contribution in [0.25, 0.3) is 0 Å². The molecule has 1 aromatic heterocycles. The van der Waals surface area contributed by atoms with Crippen molar-refractivity contribution in [2.75, 3.05) is 25.0 Å². The van der Waals surface area contributed by atoms with Gasteiger partial charge in [0.2, 0.25) is 5.91 Å². The highest BCUT2D eigenvalue weighted by atomic mass is 16.1. The molecule has 21 heavy (non-hydrogen) atoms. The van der Waals surface area contributed by atoms with Crippen molar-refractivity contribution in [3.63, 3.8) is 0 Å². The summed E-state index contributed by atoms with van der Waals surface area (Å²) in [6.45, 7) is 3.92. The molecule has 1 fully saturated rings. The molecule has 6 heteroatoms. The van der Waals surface area contributed by atoms with Crippen LogP contribution in [0, 0.1) is 0 Å². The van der Waals surface area contributed by atoms with E-state index in [4.69, 9.17) is 0 Å². The lowest BCUT2D eigenvalue weighted by Gasteiger charge is -2.23. The fourth-order valence-corrected chi connectivity index (χ4v) is 2.55. The number of nitrogens with one attached hydrogen (secondary N) is 3. The van der Waals surface area contributed by atoms with E-state index in [-0.39, 0.29) is 5.91 Å². The van der Waals surface area contributed by atoms with Gasteiger partial charge in [-0.2, -0.15) is 0 Å². The van der Waals surface area contributed by atoms with Crippen LogP contribution in [0.5, 0.6) is 0 Å². The van der Waals surface area contributed by atoms with Gasteiger partial charge in [0.05, 0.1) is 0 Å². The Hall–Kier alpha value is -1.69. The van der Waals surface area contributed by atoms with Crippen molar-refractivity contribution < 1.29 is 4.79 Å². The molecular weight excluding hydrogens is 266 g/mol. The third-order valence-electron chi connectivity index (χ3n) is 3.69. The predicted octanol–water partition coefficient (Wildman–Crippen LogP) is 1.10. The maximum Gasteiger partial charge on any atom is 0.216 e. The molecule has 1 atom stereocenters. The van der Waals surface area contributed by atoms with Gasteiger partial charge >= 0.3 is 0 Å². The van der Waals surface area contributed by atoms with Crippen LogP contribution in [0.4, 0.5) is 5.82 Å². The van der Waals surface area contributed by atoms with E-state index in [1.54, 1.807) is 6.33 Å². The van der Waals surface area contributed by atoms with Crippen molar-refractivity contribution >= 4 is 11.7 Å². The Balaban J connectivity index is 1.73. The lowest BCUT2D eigenvalue weighted by molar-refractivity contribution is -0.118. The largest absolute Gasteiger partial charge is 0.368 e. The maximum atomic E-state index is 10.8. The first kappa shape index (κ1) is 15.7. The van der Waals surface area contributed by atoms with Gasteiger partial charge in [-0.25, -0.2) is 9.97 Å². The highest BCUT2D eigenvalue weighted by Crippen LogP contribution is 2.13. The van der Waals surface area contributed by atoms with E-state index in [0.29, 0.717) is 19.1 Å². The Morgan fingerprint density at radius 1 is 1.38 bits per heavy atom. The fraction of sp³-hybridized carbons (Fsp3) is 0.667. The monoisotopic (exact) mass is 291 g/mol. The lowest BCUT2D eigenvalue weighted by atomic mass is 10.00. The van der Waals surface area contributed by atoms with Gasteiger partial charge in [0, 0.05) is 37.8 Å². The average Bonchev–Trinajstić information content (AvgIpc) is 2.51. The Morgan fingerprint density at radius 3 is 3.05 bits per heavy atom. The summed E-state index contributed by atoms with van der Waals surface area (Å²) in [6.07, 6.45) is 7.60. The second kappa shape index (κ2) is 8.56. The fourth-order valence-electron chi connectivity index (χ4n) is 2.55. The molecule has 116 valence electrons. The molecule has 0 saturated carbocycles. The molecule has 0 unspecified atom stereocenters. The number of carbonyl (C=O) groups excluding carboxylic acids is 1. The molecular formula is C15H25N5O. The molecule has 2 heterocycles. The molecule has 1 aliphatic heterocycles. The average molecular weight is 291 g/mol. The third kappa shape index (κ3) is 6.08. The Kier molecular flexibility index (Phi) is 6.40. The van der Waals surface area contributed by atoms with Crippen molar-refractivity contribution in [1.82, 2.24) is 20.6 Å². The first-order valence-electron chi connectivity index (χ1n) is 7.76. The number of rotatable bonds is 7. The van der Waals surface area contributed by atoms with Crippen LogP contribution < -0.4 is 16.0 Å². The van der Waals surface area contributed by atoms with Crippen molar-refractivity contribution in [3.05, 3.63) is 18.1 Å². The van der Waals surface area contributed by atoms with Gasteiger partial charge in [-0.15, -0.1) is 0 Å². The van der Waals surface area contributed by atoms with Crippen molar-refractivity contribution in [2.45, 2.75) is 45.1 Å². The van der Waals surface area contributed by atoms with Crippen molar-refractivity contribution in [1.29, 1.82) is 0 Å². The Labute approximate surface area is 126 Å². The molecule has 0 spiro atoms. The van der Waals surface area contributed by atoms with E-state index in [0.717, 1.165) is 30.9 Å². The van der Waals surface area contributed by atoms with Gasteiger partial charge in [0.15, 0.2) is 0 Å². The normalized spacial score (nSPS) is 18.2. The molecule has 1 amide bonds. The van der Waals surface area contributed by atoms with Gasteiger partial charge in [-0.05, 0) is 32.2 Å². The molecule has 1 aliphatic rings. The van der Waals surface area contributed by atoms with Crippen LogP contribution in [0.3, 0.4) is 0 Å². The molecule has 2 rings (SSSR count). The van der Waals surface area contributed by atoms with E-state index >= 15 is 0 Å². The summed E-state index contributed by atoms with van der Waals surface area (Å²) in [5.41, 5.74) is 1.07. The number of hydrogen-bond donors (Lipinski definition) is 3. The van der Waals surface area contributed by atoms with Gasteiger partial charge in [-0.1, -0.05) is 6.42 Å². The van der Waals surface area contributed by atoms with Gasteiger partial charge < -0.3 is 16.0 Å². The quantitative estimate of drug-likeness (QED) is 0.656. The zero-order chi connectivity index (χ0) is 14.9. The predicted molar refractivity (Wildman–Crippen MR) is 83.2 cm³/mol. The van der Waals surface area contributed by atoms with Crippen LogP contribution >= 0.6 is 0 Å². The lowest BCUT2D eigenvalue weighted by Crippen LogP contribution is -2.34. The second-order valence-electron chi connectivity index (χ2n) is 5.49. The SMILES string of the molecule is CC(=O)NCCNc1cc(CC[C@H]2CCCCN2)ncn1. The summed E-state index contributed by atoms with van der Waals surface area (Å²) in [5.74, 6) is 0.808.